The van der Waals surface area contributed by atoms with Gasteiger partial charge in [-0.15, -0.1) is 0 Å². The Labute approximate surface area is 125 Å². The summed E-state index contributed by atoms with van der Waals surface area (Å²) < 4.78 is 0. The molecule has 21 heavy (non-hydrogen) atoms. The van der Waals surface area contributed by atoms with Gasteiger partial charge < -0.3 is 10.6 Å². The molecule has 1 saturated carbocycles. The number of nitrogens with zero attached hydrogens (tertiary/aromatic N) is 1. The first-order valence-corrected chi connectivity index (χ1v) is 7.59. The molecule has 1 amide bonds. The van der Waals surface area contributed by atoms with Gasteiger partial charge in [0.05, 0.1) is 6.42 Å². The number of likely N-dealkylation sites (N-methyl/N-ethyl adjacent to an activating group) is 1. The fourth-order valence-corrected chi connectivity index (χ4v) is 3.17. The van der Waals surface area contributed by atoms with Crippen molar-refractivity contribution in [2.24, 2.45) is 11.7 Å². The van der Waals surface area contributed by atoms with Crippen molar-refractivity contribution >= 4 is 16.7 Å². The number of carbonyl (C=O) groups excluding carboxylic acids is 1. The van der Waals surface area contributed by atoms with Crippen LogP contribution in [0.2, 0.25) is 0 Å². The zero-order valence-corrected chi connectivity index (χ0v) is 12.5. The summed E-state index contributed by atoms with van der Waals surface area (Å²) in [6.07, 6.45) is 2.56. The lowest BCUT2D eigenvalue weighted by molar-refractivity contribution is -0.130. The van der Waals surface area contributed by atoms with Crippen LogP contribution in [-0.2, 0) is 11.2 Å². The van der Waals surface area contributed by atoms with Crippen LogP contribution in [0.3, 0.4) is 0 Å². The molecule has 0 spiro atoms. The summed E-state index contributed by atoms with van der Waals surface area (Å²) in [5, 5.41) is 2.36. The molecule has 0 aromatic heterocycles. The Morgan fingerprint density at radius 3 is 2.67 bits per heavy atom. The summed E-state index contributed by atoms with van der Waals surface area (Å²) in [6, 6.07) is 14.7. The van der Waals surface area contributed by atoms with Crippen molar-refractivity contribution in [1.29, 1.82) is 0 Å². The summed E-state index contributed by atoms with van der Waals surface area (Å²) in [4.78, 5) is 14.3. The van der Waals surface area contributed by atoms with Crippen LogP contribution in [0.25, 0.3) is 10.8 Å². The van der Waals surface area contributed by atoms with Gasteiger partial charge in [-0.05, 0) is 35.1 Å². The smallest absolute Gasteiger partial charge is 0.226 e. The molecule has 1 aliphatic rings. The Hall–Kier alpha value is -1.87. The topological polar surface area (TPSA) is 46.3 Å². The predicted molar refractivity (Wildman–Crippen MR) is 86.0 cm³/mol. The van der Waals surface area contributed by atoms with Gasteiger partial charge in [-0.1, -0.05) is 42.5 Å². The second-order valence-corrected chi connectivity index (χ2v) is 6.19. The fraction of sp³-hybridized carbons (Fsp3) is 0.389. The number of fused-ring (bicyclic) bond motifs is 1. The van der Waals surface area contributed by atoms with E-state index in [1.54, 1.807) is 0 Å². The third-order valence-electron chi connectivity index (χ3n) is 4.45. The molecular weight excluding hydrogens is 260 g/mol. The summed E-state index contributed by atoms with van der Waals surface area (Å²) in [5.74, 6) is 0.772. The van der Waals surface area contributed by atoms with Crippen molar-refractivity contribution in [2.75, 3.05) is 13.6 Å². The maximum Gasteiger partial charge on any atom is 0.226 e. The van der Waals surface area contributed by atoms with E-state index in [1.165, 1.54) is 10.8 Å². The molecular formula is C18H22N2O. The van der Waals surface area contributed by atoms with Crippen molar-refractivity contribution < 1.29 is 4.79 Å². The Morgan fingerprint density at radius 1 is 1.19 bits per heavy atom. The molecule has 0 atom stereocenters. The first-order valence-electron chi connectivity index (χ1n) is 7.59. The highest BCUT2D eigenvalue weighted by Crippen LogP contribution is 2.26. The van der Waals surface area contributed by atoms with Gasteiger partial charge in [-0.3, -0.25) is 4.79 Å². The molecule has 0 radical (unpaired) electrons. The first kappa shape index (κ1) is 14.1. The van der Waals surface area contributed by atoms with E-state index >= 15 is 0 Å². The van der Waals surface area contributed by atoms with E-state index in [1.807, 2.05) is 36.2 Å². The third kappa shape index (κ3) is 3.08. The van der Waals surface area contributed by atoms with Gasteiger partial charge in [0.25, 0.3) is 0 Å². The summed E-state index contributed by atoms with van der Waals surface area (Å²) in [7, 11) is 1.90. The highest BCUT2D eigenvalue weighted by Gasteiger charge is 2.27. The molecule has 0 unspecified atom stereocenters. The average molecular weight is 282 g/mol. The van der Waals surface area contributed by atoms with Gasteiger partial charge in [-0.25, -0.2) is 0 Å². The maximum atomic E-state index is 12.4. The Kier molecular flexibility index (Phi) is 3.93. The van der Waals surface area contributed by atoms with E-state index in [0.29, 0.717) is 18.4 Å². The molecule has 3 heteroatoms. The van der Waals surface area contributed by atoms with Crippen LogP contribution in [0.1, 0.15) is 18.4 Å². The Bertz CT molecular complexity index is 641. The number of amides is 1. The highest BCUT2D eigenvalue weighted by atomic mass is 16.2. The van der Waals surface area contributed by atoms with E-state index < -0.39 is 0 Å². The summed E-state index contributed by atoms with van der Waals surface area (Å²) in [5.41, 5.74) is 6.91. The monoisotopic (exact) mass is 282 g/mol. The largest absolute Gasteiger partial charge is 0.345 e. The molecule has 3 nitrogen and oxygen atoms in total. The number of hydrogen-bond acceptors (Lipinski definition) is 2. The minimum absolute atomic E-state index is 0.187. The van der Waals surface area contributed by atoms with E-state index in [9.17, 15) is 4.79 Å². The highest BCUT2D eigenvalue weighted by molar-refractivity contribution is 5.90. The molecule has 2 aromatic carbocycles. The Morgan fingerprint density at radius 2 is 1.90 bits per heavy atom. The van der Waals surface area contributed by atoms with Crippen molar-refractivity contribution in [3.8, 4) is 0 Å². The fourth-order valence-electron chi connectivity index (χ4n) is 3.17. The lowest BCUT2D eigenvalue weighted by Crippen LogP contribution is -2.43. The van der Waals surface area contributed by atoms with Crippen molar-refractivity contribution in [3.05, 3.63) is 48.0 Å². The molecule has 110 valence electrons. The second-order valence-electron chi connectivity index (χ2n) is 6.19. The van der Waals surface area contributed by atoms with Gasteiger partial charge in [0.15, 0.2) is 0 Å². The van der Waals surface area contributed by atoms with Crippen LogP contribution in [0.15, 0.2) is 42.5 Å². The molecule has 0 saturated heterocycles. The van der Waals surface area contributed by atoms with Crippen LogP contribution in [0.5, 0.6) is 0 Å². The zero-order valence-electron chi connectivity index (χ0n) is 12.5. The lowest BCUT2D eigenvalue weighted by Gasteiger charge is -2.35. The normalized spacial score (nSPS) is 21.0. The van der Waals surface area contributed by atoms with Gasteiger partial charge in [-0.2, -0.15) is 0 Å². The number of rotatable bonds is 4. The molecule has 2 N–H and O–H groups in total. The molecule has 0 aliphatic heterocycles. The van der Waals surface area contributed by atoms with Crippen molar-refractivity contribution in [1.82, 2.24) is 4.90 Å². The number of hydrogen-bond donors (Lipinski definition) is 1. The number of carbonyl (C=O) groups is 1. The van der Waals surface area contributed by atoms with Gasteiger partial charge >= 0.3 is 0 Å². The van der Waals surface area contributed by atoms with Crippen LogP contribution in [0.4, 0.5) is 0 Å². The van der Waals surface area contributed by atoms with E-state index in [0.717, 1.165) is 24.9 Å². The second kappa shape index (κ2) is 5.86. The molecule has 1 aliphatic carbocycles. The van der Waals surface area contributed by atoms with Gasteiger partial charge in [0.2, 0.25) is 5.91 Å². The van der Waals surface area contributed by atoms with Crippen molar-refractivity contribution in [3.63, 3.8) is 0 Å². The van der Waals surface area contributed by atoms with Crippen LogP contribution >= 0.6 is 0 Å². The van der Waals surface area contributed by atoms with Crippen LogP contribution < -0.4 is 5.73 Å². The predicted octanol–water partition coefficient (Wildman–Crippen LogP) is 2.58. The number of benzene rings is 2. The zero-order chi connectivity index (χ0) is 14.8. The summed E-state index contributed by atoms with van der Waals surface area (Å²) in [6.45, 7) is 0.831. The standard InChI is InChI=1S/C18H22N2O/c1-20(12-13-9-16(19)10-13)18(21)11-15-7-4-6-14-5-2-3-8-17(14)15/h2-8,13,16H,9-12,19H2,1H3. The van der Waals surface area contributed by atoms with Gasteiger partial charge in [0.1, 0.15) is 0 Å². The molecule has 1 fully saturated rings. The molecule has 2 aromatic rings. The summed E-state index contributed by atoms with van der Waals surface area (Å²) >= 11 is 0. The quantitative estimate of drug-likeness (QED) is 0.937. The molecule has 0 heterocycles. The molecule has 0 bridgehead atoms. The SMILES string of the molecule is CN(CC1CC(N)C1)C(=O)Cc1cccc2ccccc12. The average Bonchev–Trinajstić information content (AvgIpc) is 2.46. The number of nitrogens with two attached hydrogens (primary N) is 1. The van der Waals surface area contributed by atoms with E-state index in [4.69, 9.17) is 5.73 Å². The molecule has 3 rings (SSSR count). The first-order chi connectivity index (χ1) is 10.1. The lowest BCUT2D eigenvalue weighted by atomic mass is 9.80. The van der Waals surface area contributed by atoms with Crippen LogP contribution in [0, 0.1) is 5.92 Å². The minimum atomic E-state index is 0.187. The van der Waals surface area contributed by atoms with E-state index in [-0.39, 0.29) is 5.91 Å². The van der Waals surface area contributed by atoms with Gasteiger partial charge in [0, 0.05) is 19.6 Å². The van der Waals surface area contributed by atoms with Crippen LogP contribution in [-0.4, -0.2) is 30.4 Å². The van der Waals surface area contributed by atoms with E-state index in [2.05, 4.69) is 18.2 Å². The van der Waals surface area contributed by atoms with Crippen molar-refractivity contribution in [2.45, 2.75) is 25.3 Å². The third-order valence-corrected chi connectivity index (χ3v) is 4.45. The minimum Gasteiger partial charge on any atom is -0.345 e. The Balaban J connectivity index is 1.68. The maximum absolute atomic E-state index is 12.4.